The lowest BCUT2D eigenvalue weighted by atomic mass is 9.84. The zero-order valence-electron chi connectivity index (χ0n) is 29.3. The van der Waals surface area contributed by atoms with Crippen molar-refractivity contribution < 1.29 is 18.2 Å². The van der Waals surface area contributed by atoms with Crippen LogP contribution in [-0.4, -0.2) is 61.8 Å². The zero-order valence-corrected chi connectivity index (χ0v) is 29.3. The Labute approximate surface area is 283 Å². The van der Waals surface area contributed by atoms with Crippen LogP contribution >= 0.6 is 0 Å². The molecule has 1 fully saturated rings. The molecule has 5 rings (SSSR count). The monoisotopic (exact) mass is 628 g/mol. The van der Waals surface area contributed by atoms with Crippen molar-refractivity contribution in [2.24, 2.45) is 0 Å². The number of nitrogens with zero attached hydrogens (tertiary/aromatic N) is 3. The van der Waals surface area contributed by atoms with Gasteiger partial charge in [-0.3, -0.25) is 13.4 Å². The molecule has 1 aliphatic carbocycles. The molecule has 47 heavy (non-hydrogen) atoms. The van der Waals surface area contributed by atoms with Crippen molar-refractivity contribution in [2.45, 2.75) is 45.2 Å². The van der Waals surface area contributed by atoms with Crippen LogP contribution in [0.15, 0.2) is 157 Å². The molecule has 0 amide bonds. The largest absolute Gasteiger partial charge is 0.364 e. The van der Waals surface area contributed by atoms with Gasteiger partial charge in [0.05, 0.1) is 67.5 Å². The fourth-order valence-corrected chi connectivity index (χ4v) is 6.99. The lowest BCUT2D eigenvalue weighted by Crippen LogP contribution is -2.38. The van der Waals surface area contributed by atoms with Gasteiger partial charge in [0.1, 0.15) is 25.7 Å². The number of benzene rings is 4. The van der Waals surface area contributed by atoms with E-state index in [2.05, 4.69) is 182 Å². The third-order valence-electron chi connectivity index (χ3n) is 8.66. The van der Waals surface area contributed by atoms with E-state index < -0.39 is 0 Å². The first kappa shape index (κ1) is 34.3. The van der Waals surface area contributed by atoms with Crippen molar-refractivity contribution in [3.05, 3.63) is 179 Å². The van der Waals surface area contributed by atoms with Crippen LogP contribution in [0.25, 0.3) is 0 Å². The Bertz CT molecular complexity index is 1580. The quantitative estimate of drug-likeness (QED) is 0.143. The molecule has 0 radical (unpaired) electrons. The minimum atomic E-state index is -0.0987. The fourth-order valence-electron chi connectivity index (χ4n) is 6.99. The third-order valence-corrected chi connectivity index (χ3v) is 8.66. The highest BCUT2D eigenvalue weighted by atomic mass is 16.5. The Morgan fingerprint density at radius 1 is 0.468 bits per heavy atom. The van der Waals surface area contributed by atoms with Gasteiger partial charge in [-0.2, -0.15) is 0 Å². The number of hydrogen-bond donors (Lipinski definition) is 0. The molecular formula is C43H54N3O+3. The van der Waals surface area contributed by atoms with Gasteiger partial charge < -0.3 is 4.74 Å². The minimum absolute atomic E-state index is 0.0987. The average molecular weight is 629 g/mol. The van der Waals surface area contributed by atoms with Gasteiger partial charge in [-0.25, -0.2) is 0 Å². The van der Waals surface area contributed by atoms with Crippen molar-refractivity contribution >= 4 is 0 Å². The fraction of sp³-hybridized carbons (Fsp3) is 0.302. The molecule has 0 atom stereocenters. The molecule has 4 aromatic rings. The van der Waals surface area contributed by atoms with E-state index in [9.17, 15) is 0 Å². The van der Waals surface area contributed by atoms with Gasteiger partial charge in [-0.15, -0.1) is 0 Å². The van der Waals surface area contributed by atoms with Crippen LogP contribution in [-0.2, 0) is 31.0 Å². The van der Waals surface area contributed by atoms with Crippen molar-refractivity contribution in [1.82, 2.24) is 0 Å². The summed E-state index contributed by atoms with van der Waals surface area (Å²) >= 11 is 0. The molecule has 0 unspecified atom stereocenters. The van der Waals surface area contributed by atoms with Gasteiger partial charge in [0.2, 0.25) is 0 Å². The molecule has 0 aliphatic heterocycles. The maximum Gasteiger partial charge on any atom is 0.111 e. The molecule has 4 heteroatoms. The molecule has 4 aromatic carbocycles. The van der Waals surface area contributed by atoms with Crippen LogP contribution in [0.5, 0.6) is 0 Å². The molecule has 244 valence electrons. The van der Waals surface area contributed by atoms with Crippen LogP contribution in [0.3, 0.4) is 0 Å². The highest BCUT2D eigenvalue weighted by Crippen LogP contribution is 2.38. The number of quaternary nitrogens is 3. The molecule has 0 saturated heterocycles. The van der Waals surface area contributed by atoms with E-state index in [1.165, 1.54) is 39.0 Å². The van der Waals surface area contributed by atoms with Gasteiger partial charge in [0, 0.05) is 40.7 Å². The first-order chi connectivity index (χ1) is 22.5. The Balaban J connectivity index is 1.55. The highest BCUT2D eigenvalue weighted by Gasteiger charge is 2.34. The number of allylic oxidation sites excluding steroid dienone is 1. The molecule has 0 N–H and O–H groups in total. The SMILES string of the molecule is C[N+](C)(C=C1CC(=C[N+](C)(C)Cc2ccccc2)C(OCc2ccccc2)C(=C[N+](C)(C)Cc2ccccc2)C1)Cc1ccccc1. The highest BCUT2D eigenvalue weighted by molar-refractivity contribution is 5.36. The number of ether oxygens (including phenoxy) is 1. The molecular weight excluding hydrogens is 574 g/mol. The van der Waals surface area contributed by atoms with Crippen molar-refractivity contribution in [3.63, 3.8) is 0 Å². The summed E-state index contributed by atoms with van der Waals surface area (Å²) in [6.07, 6.45) is 9.14. The lowest BCUT2D eigenvalue weighted by molar-refractivity contribution is -0.854. The Kier molecular flexibility index (Phi) is 11.1. The van der Waals surface area contributed by atoms with Crippen molar-refractivity contribution in [2.75, 3.05) is 42.3 Å². The molecule has 1 aliphatic rings. The van der Waals surface area contributed by atoms with Gasteiger partial charge in [-0.05, 0) is 11.1 Å². The molecule has 0 aromatic heterocycles. The maximum atomic E-state index is 6.97. The van der Waals surface area contributed by atoms with Gasteiger partial charge in [0.15, 0.2) is 0 Å². The minimum Gasteiger partial charge on any atom is -0.364 e. The predicted molar refractivity (Wildman–Crippen MR) is 195 cm³/mol. The molecule has 0 spiro atoms. The lowest BCUT2D eigenvalue weighted by Gasteiger charge is -2.36. The maximum absolute atomic E-state index is 6.97. The summed E-state index contributed by atoms with van der Waals surface area (Å²) in [6.45, 7) is 3.35. The topological polar surface area (TPSA) is 9.23 Å². The summed E-state index contributed by atoms with van der Waals surface area (Å²) in [5.74, 6) is 0. The molecule has 0 bridgehead atoms. The number of hydrogen-bond acceptors (Lipinski definition) is 1. The van der Waals surface area contributed by atoms with Crippen molar-refractivity contribution in [3.8, 4) is 0 Å². The van der Waals surface area contributed by atoms with Gasteiger partial charge in [0.25, 0.3) is 0 Å². The Hall–Kier alpha value is -4.06. The summed E-state index contributed by atoms with van der Waals surface area (Å²) in [5, 5.41) is 0. The van der Waals surface area contributed by atoms with E-state index in [0.29, 0.717) is 6.61 Å². The molecule has 4 nitrogen and oxygen atoms in total. The summed E-state index contributed by atoms with van der Waals surface area (Å²) in [4.78, 5) is 0. The van der Waals surface area contributed by atoms with Crippen LogP contribution < -0.4 is 0 Å². The predicted octanol–water partition coefficient (Wildman–Crippen LogP) is 8.85. The van der Waals surface area contributed by atoms with E-state index >= 15 is 0 Å². The zero-order chi connectivity index (χ0) is 33.3. The smallest absolute Gasteiger partial charge is 0.111 e. The van der Waals surface area contributed by atoms with E-state index in [4.69, 9.17) is 4.74 Å². The summed E-state index contributed by atoms with van der Waals surface area (Å²) in [7, 11) is 13.9. The molecule has 1 saturated carbocycles. The second-order valence-electron chi connectivity index (χ2n) is 15.0. The summed E-state index contributed by atoms with van der Waals surface area (Å²) in [6, 6.07) is 43.1. The Morgan fingerprint density at radius 3 is 1.15 bits per heavy atom. The van der Waals surface area contributed by atoms with E-state index in [1.807, 2.05) is 0 Å². The van der Waals surface area contributed by atoms with Crippen LogP contribution in [0.2, 0.25) is 0 Å². The van der Waals surface area contributed by atoms with E-state index in [0.717, 1.165) is 45.9 Å². The van der Waals surface area contributed by atoms with Crippen LogP contribution in [0.1, 0.15) is 35.1 Å². The summed E-state index contributed by atoms with van der Waals surface area (Å²) in [5.41, 5.74) is 9.34. The third kappa shape index (κ3) is 10.7. The van der Waals surface area contributed by atoms with E-state index in [-0.39, 0.29) is 6.10 Å². The normalized spacial score (nSPS) is 17.7. The summed E-state index contributed by atoms with van der Waals surface area (Å²) < 4.78 is 9.25. The standard InChI is InChI=1S/C43H54N3O/c1-44(2,29-36-19-11-7-12-20-36)32-40-27-41(33-45(3,4)30-37-21-13-8-14-22-37)43(47-35-39-25-17-10-18-26-39)42(28-40)34-46(5,6)31-38-23-15-9-16-24-38/h7-26,32-34,43H,27-31,35H2,1-6H3/q+3. The second kappa shape index (κ2) is 15.2. The second-order valence-corrected chi connectivity index (χ2v) is 15.0. The number of rotatable bonds is 12. The average Bonchev–Trinajstić information content (AvgIpc) is 3.01. The van der Waals surface area contributed by atoms with Crippen molar-refractivity contribution in [1.29, 1.82) is 0 Å². The Morgan fingerprint density at radius 2 is 0.787 bits per heavy atom. The van der Waals surface area contributed by atoms with Crippen LogP contribution in [0, 0.1) is 0 Å². The van der Waals surface area contributed by atoms with Gasteiger partial charge in [-0.1, -0.05) is 121 Å². The van der Waals surface area contributed by atoms with Gasteiger partial charge >= 0.3 is 0 Å². The first-order valence-corrected chi connectivity index (χ1v) is 16.8. The first-order valence-electron chi connectivity index (χ1n) is 16.8. The molecule has 0 heterocycles. The van der Waals surface area contributed by atoms with Crippen LogP contribution in [0.4, 0.5) is 0 Å². The van der Waals surface area contributed by atoms with E-state index in [1.54, 1.807) is 0 Å².